The van der Waals surface area contributed by atoms with Crippen molar-refractivity contribution in [3.8, 4) is 0 Å². The van der Waals surface area contributed by atoms with Crippen LogP contribution in [0.5, 0.6) is 0 Å². The molecule has 0 unspecified atom stereocenters. The molecule has 0 atom stereocenters. The summed E-state index contributed by atoms with van der Waals surface area (Å²) in [4.78, 5) is 35.1. The Bertz CT molecular complexity index is 1120. The lowest BCUT2D eigenvalue weighted by Gasteiger charge is -2.10. The normalized spacial score (nSPS) is 10.5. The summed E-state index contributed by atoms with van der Waals surface area (Å²) >= 11 is 0. The highest BCUT2D eigenvalue weighted by molar-refractivity contribution is 6.04. The van der Waals surface area contributed by atoms with Crippen molar-refractivity contribution < 1.29 is 9.72 Å². The maximum absolute atomic E-state index is 12.6. The lowest BCUT2D eigenvalue weighted by atomic mass is 10.1. The topological polar surface area (TPSA) is 94.2 Å². The number of non-ortho nitro benzene ring substituents is 1. The molecular formula is C21H19N3O4. The SMILES string of the molecule is Cc1ccc(NC(=O)c2ccc(=O)n(Cc3cccc([N+](=O)[O-])c3)c2)cc1C. The van der Waals surface area contributed by atoms with E-state index in [2.05, 4.69) is 5.32 Å². The molecule has 7 nitrogen and oxygen atoms in total. The van der Waals surface area contributed by atoms with Crippen molar-refractivity contribution in [3.05, 3.63) is 104 Å². The van der Waals surface area contributed by atoms with Gasteiger partial charge in [0, 0.05) is 30.1 Å². The van der Waals surface area contributed by atoms with E-state index < -0.39 is 4.92 Å². The number of anilines is 1. The van der Waals surface area contributed by atoms with Gasteiger partial charge in [0.1, 0.15) is 0 Å². The Kier molecular flexibility index (Phi) is 5.35. The average Bonchev–Trinajstić information content (AvgIpc) is 2.66. The molecule has 1 heterocycles. The number of carbonyl (C=O) groups is 1. The lowest BCUT2D eigenvalue weighted by molar-refractivity contribution is -0.384. The van der Waals surface area contributed by atoms with E-state index in [9.17, 15) is 19.7 Å². The molecule has 0 aliphatic carbocycles. The summed E-state index contributed by atoms with van der Waals surface area (Å²) in [6.07, 6.45) is 1.46. The van der Waals surface area contributed by atoms with E-state index in [1.165, 1.54) is 35.0 Å². The summed E-state index contributed by atoms with van der Waals surface area (Å²) in [5.41, 5.74) is 3.44. The summed E-state index contributed by atoms with van der Waals surface area (Å²) in [5, 5.41) is 13.7. The van der Waals surface area contributed by atoms with E-state index >= 15 is 0 Å². The van der Waals surface area contributed by atoms with Crippen LogP contribution in [0.25, 0.3) is 0 Å². The average molecular weight is 377 g/mol. The second-order valence-corrected chi connectivity index (χ2v) is 6.56. The molecule has 28 heavy (non-hydrogen) atoms. The van der Waals surface area contributed by atoms with Crippen LogP contribution >= 0.6 is 0 Å². The number of aromatic nitrogens is 1. The smallest absolute Gasteiger partial charge is 0.269 e. The number of aryl methyl sites for hydroxylation is 2. The zero-order valence-corrected chi connectivity index (χ0v) is 15.5. The molecule has 0 aliphatic heterocycles. The molecular weight excluding hydrogens is 358 g/mol. The number of nitrogens with zero attached hydrogens (tertiary/aromatic N) is 2. The maximum Gasteiger partial charge on any atom is 0.269 e. The predicted octanol–water partition coefficient (Wildman–Crippen LogP) is 3.67. The van der Waals surface area contributed by atoms with Gasteiger partial charge in [-0.05, 0) is 48.7 Å². The van der Waals surface area contributed by atoms with Gasteiger partial charge in [0.05, 0.1) is 17.0 Å². The fraction of sp³-hybridized carbons (Fsp3) is 0.143. The zero-order chi connectivity index (χ0) is 20.3. The van der Waals surface area contributed by atoms with E-state index in [1.54, 1.807) is 12.1 Å². The van der Waals surface area contributed by atoms with Gasteiger partial charge in [-0.25, -0.2) is 0 Å². The Morgan fingerprint density at radius 2 is 1.86 bits per heavy atom. The van der Waals surface area contributed by atoms with Gasteiger partial charge in [0.2, 0.25) is 0 Å². The van der Waals surface area contributed by atoms with Crippen molar-refractivity contribution in [1.29, 1.82) is 0 Å². The van der Waals surface area contributed by atoms with Crippen LogP contribution in [-0.4, -0.2) is 15.4 Å². The van der Waals surface area contributed by atoms with Gasteiger partial charge < -0.3 is 9.88 Å². The first kappa shape index (κ1) is 19.0. The molecule has 3 rings (SSSR count). The molecule has 0 bridgehead atoms. The van der Waals surface area contributed by atoms with E-state index in [1.807, 2.05) is 32.0 Å². The largest absolute Gasteiger partial charge is 0.322 e. The summed E-state index contributed by atoms with van der Waals surface area (Å²) in [6, 6.07) is 14.5. The maximum atomic E-state index is 12.6. The van der Waals surface area contributed by atoms with Gasteiger partial charge in [-0.2, -0.15) is 0 Å². The minimum absolute atomic E-state index is 0.0470. The Hall–Kier alpha value is -3.74. The van der Waals surface area contributed by atoms with Gasteiger partial charge in [0.25, 0.3) is 17.2 Å². The van der Waals surface area contributed by atoms with Crippen molar-refractivity contribution >= 4 is 17.3 Å². The molecule has 1 N–H and O–H groups in total. The van der Waals surface area contributed by atoms with Gasteiger partial charge in [-0.1, -0.05) is 18.2 Å². The molecule has 0 fully saturated rings. The molecule has 0 spiro atoms. The van der Waals surface area contributed by atoms with Crippen LogP contribution in [0.15, 0.2) is 65.6 Å². The second kappa shape index (κ2) is 7.87. The fourth-order valence-electron chi connectivity index (χ4n) is 2.78. The van der Waals surface area contributed by atoms with Crippen LogP contribution in [0, 0.1) is 24.0 Å². The Balaban J connectivity index is 1.83. The summed E-state index contributed by atoms with van der Waals surface area (Å²) < 4.78 is 1.36. The molecule has 0 radical (unpaired) electrons. The van der Waals surface area contributed by atoms with Gasteiger partial charge in [-0.3, -0.25) is 19.7 Å². The summed E-state index contributed by atoms with van der Waals surface area (Å²) in [6.45, 7) is 4.08. The second-order valence-electron chi connectivity index (χ2n) is 6.56. The van der Waals surface area contributed by atoms with Crippen molar-refractivity contribution in [1.82, 2.24) is 4.57 Å². The van der Waals surface area contributed by atoms with E-state index in [-0.39, 0.29) is 23.7 Å². The molecule has 1 aromatic heterocycles. The van der Waals surface area contributed by atoms with Crippen LogP contribution in [0.4, 0.5) is 11.4 Å². The van der Waals surface area contributed by atoms with E-state index in [0.29, 0.717) is 16.8 Å². The zero-order valence-electron chi connectivity index (χ0n) is 15.5. The van der Waals surface area contributed by atoms with Crippen LogP contribution in [0.2, 0.25) is 0 Å². The van der Waals surface area contributed by atoms with Crippen LogP contribution in [-0.2, 0) is 6.54 Å². The Labute approximate surface area is 161 Å². The fourth-order valence-corrected chi connectivity index (χ4v) is 2.78. The van der Waals surface area contributed by atoms with E-state index in [0.717, 1.165) is 11.1 Å². The van der Waals surface area contributed by atoms with Crippen LogP contribution < -0.4 is 10.9 Å². The number of hydrogen-bond donors (Lipinski definition) is 1. The van der Waals surface area contributed by atoms with Crippen molar-refractivity contribution in [3.63, 3.8) is 0 Å². The third-order valence-corrected chi connectivity index (χ3v) is 4.48. The molecule has 3 aromatic rings. The number of nitro benzene ring substituents is 1. The quantitative estimate of drug-likeness (QED) is 0.542. The van der Waals surface area contributed by atoms with Crippen LogP contribution in [0.3, 0.4) is 0 Å². The summed E-state index contributed by atoms with van der Waals surface area (Å²) in [7, 11) is 0. The minimum Gasteiger partial charge on any atom is -0.322 e. The molecule has 0 aliphatic rings. The van der Waals surface area contributed by atoms with Gasteiger partial charge >= 0.3 is 0 Å². The number of amides is 1. The third kappa shape index (κ3) is 4.32. The van der Waals surface area contributed by atoms with Crippen molar-refractivity contribution in [2.24, 2.45) is 0 Å². The minimum atomic E-state index is -0.486. The molecule has 142 valence electrons. The van der Waals surface area contributed by atoms with Crippen LogP contribution in [0.1, 0.15) is 27.0 Å². The first-order chi connectivity index (χ1) is 13.3. The standard InChI is InChI=1S/C21H19N3O4/c1-14-6-8-18(10-15(14)2)22-21(26)17-7-9-20(25)23(13-17)12-16-4-3-5-19(11-16)24(27)28/h3-11,13H,12H2,1-2H3,(H,22,26). The number of carbonyl (C=O) groups excluding carboxylic acids is 1. The van der Waals surface area contributed by atoms with Gasteiger partial charge in [-0.15, -0.1) is 0 Å². The lowest BCUT2D eigenvalue weighted by Crippen LogP contribution is -2.22. The monoisotopic (exact) mass is 377 g/mol. The van der Waals surface area contributed by atoms with E-state index in [4.69, 9.17) is 0 Å². The number of nitrogens with one attached hydrogen (secondary N) is 1. The molecule has 0 saturated heterocycles. The molecule has 2 aromatic carbocycles. The summed E-state index contributed by atoms with van der Waals surface area (Å²) in [5.74, 6) is -0.337. The molecule has 0 saturated carbocycles. The highest BCUT2D eigenvalue weighted by Gasteiger charge is 2.11. The number of nitro groups is 1. The first-order valence-electron chi connectivity index (χ1n) is 8.66. The highest BCUT2D eigenvalue weighted by atomic mass is 16.6. The number of hydrogen-bond acceptors (Lipinski definition) is 4. The number of benzene rings is 2. The first-order valence-corrected chi connectivity index (χ1v) is 8.66. The third-order valence-electron chi connectivity index (χ3n) is 4.48. The Morgan fingerprint density at radius 3 is 2.57 bits per heavy atom. The number of rotatable bonds is 5. The van der Waals surface area contributed by atoms with Gasteiger partial charge in [0.15, 0.2) is 0 Å². The van der Waals surface area contributed by atoms with Crippen molar-refractivity contribution in [2.75, 3.05) is 5.32 Å². The Morgan fingerprint density at radius 1 is 1.07 bits per heavy atom. The molecule has 1 amide bonds. The predicted molar refractivity (Wildman–Crippen MR) is 107 cm³/mol. The highest BCUT2D eigenvalue weighted by Crippen LogP contribution is 2.16. The van der Waals surface area contributed by atoms with Crippen molar-refractivity contribution in [2.45, 2.75) is 20.4 Å². The molecule has 7 heteroatoms. The number of pyridine rings is 1.